The van der Waals surface area contributed by atoms with E-state index in [0.29, 0.717) is 37.6 Å². The third-order valence-corrected chi connectivity index (χ3v) is 5.34. The van der Waals surface area contributed by atoms with Crippen LogP contribution in [0.2, 0.25) is 0 Å². The van der Waals surface area contributed by atoms with Crippen molar-refractivity contribution in [1.82, 2.24) is 10.2 Å². The van der Waals surface area contributed by atoms with E-state index in [1.54, 1.807) is 19.1 Å². The number of non-ortho nitro benzene ring substituents is 1. The third kappa shape index (κ3) is 5.15. The Morgan fingerprint density at radius 2 is 1.84 bits per heavy atom. The Labute approximate surface area is 179 Å². The largest absolute Gasteiger partial charge is 0.368 e. The van der Waals surface area contributed by atoms with Gasteiger partial charge in [0, 0.05) is 51.0 Å². The number of hydrogen-bond acceptors (Lipinski definition) is 6. The van der Waals surface area contributed by atoms with Gasteiger partial charge in [0.1, 0.15) is 5.82 Å². The van der Waals surface area contributed by atoms with Crippen LogP contribution >= 0.6 is 0 Å². The van der Waals surface area contributed by atoms with E-state index in [9.17, 15) is 24.1 Å². The van der Waals surface area contributed by atoms with Crippen LogP contribution in [-0.4, -0.2) is 60.9 Å². The molecule has 0 aliphatic carbocycles. The minimum atomic E-state index is -0.535. The Morgan fingerprint density at radius 1 is 1.13 bits per heavy atom. The highest BCUT2D eigenvalue weighted by atomic mass is 19.1. The highest BCUT2D eigenvalue weighted by molar-refractivity contribution is 6.00. The average Bonchev–Trinajstić information content (AvgIpc) is 2.77. The molecule has 0 spiro atoms. The number of halogens is 1. The molecule has 2 aromatic carbocycles. The molecule has 1 aliphatic rings. The molecule has 1 atom stereocenters. The van der Waals surface area contributed by atoms with Crippen molar-refractivity contribution in [1.29, 1.82) is 0 Å². The molecule has 0 bridgehead atoms. The van der Waals surface area contributed by atoms with Crippen LogP contribution in [0, 0.1) is 15.9 Å². The van der Waals surface area contributed by atoms with Crippen LogP contribution < -0.4 is 15.5 Å². The van der Waals surface area contributed by atoms with Crippen molar-refractivity contribution in [3.63, 3.8) is 0 Å². The summed E-state index contributed by atoms with van der Waals surface area (Å²) >= 11 is 0. The van der Waals surface area contributed by atoms with E-state index >= 15 is 0 Å². The van der Waals surface area contributed by atoms with Gasteiger partial charge in [0.2, 0.25) is 5.91 Å². The number of hydrogen-bond donors (Lipinski definition) is 2. The van der Waals surface area contributed by atoms with E-state index in [1.807, 2.05) is 9.80 Å². The Hall–Kier alpha value is -3.53. The van der Waals surface area contributed by atoms with E-state index in [0.717, 1.165) is 0 Å². The summed E-state index contributed by atoms with van der Waals surface area (Å²) in [5, 5.41) is 16.3. The molecule has 164 valence electrons. The number of piperazine rings is 1. The number of rotatable bonds is 6. The van der Waals surface area contributed by atoms with Crippen LogP contribution in [0.25, 0.3) is 0 Å². The number of carbonyl (C=O) groups excluding carboxylic acids is 2. The van der Waals surface area contributed by atoms with Crippen LogP contribution in [0.4, 0.5) is 21.5 Å². The van der Waals surface area contributed by atoms with Crippen LogP contribution in [0.1, 0.15) is 17.3 Å². The fraction of sp³-hybridized carbons (Fsp3) is 0.333. The van der Waals surface area contributed by atoms with Gasteiger partial charge >= 0.3 is 0 Å². The first-order valence-electron chi connectivity index (χ1n) is 9.86. The predicted octanol–water partition coefficient (Wildman–Crippen LogP) is 2.24. The summed E-state index contributed by atoms with van der Waals surface area (Å²) in [5.41, 5.74) is 1.10. The van der Waals surface area contributed by atoms with E-state index in [1.165, 1.54) is 37.4 Å². The molecule has 3 rings (SSSR count). The maximum absolute atomic E-state index is 13.3. The van der Waals surface area contributed by atoms with Gasteiger partial charge in [0.15, 0.2) is 0 Å². The first kappa shape index (κ1) is 22.2. The molecule has 0 radical (unpaired) electrons. The van der Waals surface area contributed by atoms with Crippen LogP contribution in [0.15, 0.2) is 42.5 Å². The molecule has 1 saturated heterocycles. The molecule has 0 aromatic heterocycles. The van der Waals surface area contributed by atoms with E-state index in [-0.39, 0.29) is 17.2 Å². The molecule has 10 heteroatoms. The summed E-state index contributed by atoms with van der Waals surface area (Å²) in [6.45, 7) is 3.98. The van der Waals surface area contributed by atoms with Crippen molar-refractivity contribution in [3.05, 3.63) is 64.0 Å². The Balaban J connectivity index is 1.67. The predicted molar refractivity (Wildman–Crippen MR) is 115 cm³/mol. The van der Waals surface area contributed by atoms with Crippen molar-refractivity contribution >= 4 is 28.9 Å². The van der Waals surface area contributed by atoms with Crippen LogP contribution in [0.5, 0.6) is 0 Å². The molecule has 1 aliphatic heterocycles. The van der Waals surface area contributed by atoms with Crippen molar-refractivity contribution in [2.45, 2.75) is 13.0 Å². The van der Waals surface area contributed by atoms with Gasteiger partial charge in [0.05, 0.1) is 22.2 Å². The molecular formula is C21H24FN5O4. The van der Waals surface area contributed by atoms with Gasteiger partial charge in [-0.1, -0.05) is 6.07 Å². The minimum absolute atomic E-state index is 0.149. The molecule has 2 N–H and O–H groups in total. The van der Waals surface area contributed by atoms with E-state index in [2.05, 4.69) is 10.6 Å². The van der Waals surface area contributed by atoms with E-state index < -0.39 is 22.7 Å². The Morgan fingerprint density at radius 3 is 2.45 bits per heavy atom. The lowest BCUT2D eigenvalue weighted by atomic mass is 10.1. The highest BCUT2D eigenvalue weighted by Gasteiger charge is 2.28. The summed E-state index contributed by atoms with van der Waals surface area (Å²) in [6.07, 6.45) is 0. The molecule has 31 heavy (non-hydrogen) atoms. The fourth-order valence-corrected chi connectivity index (χ4v) is 3.56. The summed E-state index contributed by atoms with van der Waals surface area (Å²) in [7, 11) is 1.47. The number of nitro benzene ring substituents is 1. The minimum Gasteiger partial charge on any atom is -0.368 e. The number of nitrogens with zero attached hydrogens (tertiary/aromatic N) is 3. The first-order valence-corrected chi connectivity index (χ1v) is 9.86. The zero-order valence-electron chi connectivity index (χ0n) is 17.3. The fourth-order valence-electron chi connectivity index (χ4n) is 3.56. The summed E-state index contributed by atoms with van der Waals surface area (Å²) in [6, 6.07) is 9.53. The van der Waals surface area contributed by atoms with Gasteiger partial charge in [-0.2, -0.15) is 0 Å². The van der Waals surface area contributed by atoms with Crippen molar-refractivity contribution in [2.75, 3.05) is 43.4 Å². The molecule has 0 saturated carbocycles. The smallest absolute Gasteiger partial charge is 0.270 e. The van der Waals surface area contributed by atoms with Crippen LogP contribution in [0.3, 0.4) is 0 Å². The van der Waals surface area contributed by atoms with Crippen molar-refractivity contribution in [2.24, 2.45) is 0 Å². The number of benzene rings is 2. The molecule has 1 unspecified atom stereocenters. The number of nitrogens with one attached hydrogen (secondary N) is 2. The Bertz CT molecular complexity index is 991. The number of anilines is 2. The normalized spacial score (nSPS) is 15.3. The van der Waals surface area contributed by atoms with Crippen molar-refractivity contribution in [3.8, 4) is 0 Å². The lowest BCUT2D eigenvalue weighted by Crippen LogP contribution is -2.53. The second kappa shape index (κ2) is 9.52. The molecular weight excluding hydrogens is 405 g/mol. The van der Waals surface area contributed by atoms with Gasteiger partial charge in [-0.25, -0.2) is 4.39 Å². The number of amides is 2. The van der Waals surface area contributed by atoms with Crippen LogP contribution in [-0.2, 0) is 4.79 Å². The van der Waals surface area contributed by atoms with Gasteiger partial charge < -0.3 is 15.5 Å². The van der Waals surface area contributed by atoms with Gasteiger partial charge in [-0.3, -0.25) is 24.6 Å². The zero-order valence-corrected chi connectivity index (χ0v) is 17.3. The number of nitro groups is 1. The summed E-state index contributed by atoms with van der Waals surface area (Å²) in [4.78, 5) is 39.3. The Kier molecular flexibility index (Phi) is 6.81. The van der Waals surface area contributed by atoms with E-state index in [4.69, 9.17) is 0 Å². The standard InChI is InChI=1S/C21H24FN5O4/c1-14(20(28)24-16-5-3-4-15(22)12-16)25-8-10-26(11-9-25)19-7-6-17(27(30)31)13-18(19)21(29)23-2/h3-7,12-14H,8-11H2,1-2H3,(H,23,29)(H,24,28). The highest BCUT2D eigenvalue weighted by Crippen LogP contribution is 2.27. The molecule has 2 amide bonds. The lowest BCUT2D eigenvalue weighted by molar-refractivity contribution is -0.384. The topological polar surface area (TPSA) is 108 Å². The van der Waals surface area contributed by atoms with Crippen molar-refractivity contribution < 1.29 is 18.9 Å². The zero-order chi connectivity index (χ0) is 22.5. The maximum atomic E-state index is 13.3. The average molecular weight is 429 g/mol. The summed E-state index contributed by atoms with van der Waals surface area (Å²) in [5.74, 6) is -1.06. The molecule has 1 fully saturated rings. The summed E-state index contributed by atoms with van der Waals surface area (Å²) < 4.78 is 13.3. The monoisotopic (exact) mass is 429 g/mol. The molecule has 9 nitrogen and oxygen atoms in total. The number of carbonyl (C=O) groups is 2. The molecule has 1 heterocycles. The van der Waals surface area contributed by atoms with Gasteiger partial charge in [0.25, 0.3) is 11.6 Å². The first-order chi connectivity index (χ1) is 14.8. The second-order valence-corrected chi connectivity index (χ2v) is 7.24. The third-order valence-electron chi connectivity index (χ3n) is 5.34. The maximum Gasteiger partial charge on any atom is 0.270 e. The van der Waals surface area contributed by atoms with Gasteiger partial charge in [-0.05, 0) is 31.2 Å². The molecule has 2 aromatic rings. The SMILES string of the molecule is CNC(=O)c1cc([N+](=O)[O-])ccc1N1CCN(C(C)C(=O)Nc2cccc(F)c2)CC1. The lowest BCUT2D eigenvalue weighted by Gasteiger charge is -2.39. The second-order valence-electron chi connectivity index (χ2n) is 7.24. The quantitative estimate of drug-likeness (QED) is 0.539. The van der Waals surface area contributed by atoms with Gasteiger partial charge in [-0.15, -0.1) is 0 Å².